The van der Waals surface area contributed by atoms with Crippen molar-refractivity contribution >= 4 is 17.2 Å². The van der Waals surface area contributed by atoms with Crippen molar-refractivity contribution in [3.05, 3.63) is 47.8 Å². The van der Waals surface area contributed by atoms with Crippen LogP contribution in [0, 0.1) is 24.7 Å². The second kappa shape index (κ2) is 14.1. The lowest BCUT2D eigenvalue weighted by Gasteiger charge is -2.18. The predicted molar refractivity (Wildman–Crippen MR) is 145 cm³/mol. The van der Waals surface area contributed by atoms with Crippen molar-refractivity contribution in [2.45, 2.75) is 73.6 Å². The highest BCUT2D eigenvalue weighted by atomic mass is 16.5. The molecule has 1 saturated carbocycles. The van der Waals surface area contributed by atoms with E-state index < -0.39 is 0 Å². The topological polar surface area (TPSA) is 62.7 Å². The number of ether oxygens (including phenoxy) is 1. The second-order valence-corrected chi connectivity index (χ2v) is 9.77. The Hall–Kier alpha value is -2.40. The van der Waals surface area contributed by atoms with Crippen LogP contribution in [0.1, 0.15) is 72.3 Å². The van der Waals surface area contributed by atoms with Gasteiger partial charge in [-0.2, -0.15) is 0 Å². The maximum absolute atomic E-state index is 12.8. The molecule has 0 bridgehead atoms. The molecule has 2 rings (SSSR count). The Bertz CT molecular complexity index is 881. The molecule has 0 amide bonds. The molecule has 1 aliphatic carbocycles. The van der Waals surface area contributed by atoms with Crippen LogP contribution in [-0.4, -0.2) is 31.2 Å². The van der Waals surface area contributed by atoms with E-state index in [-0.39, 0.29) is 11.7 Å². The second-order valence-electron chi connectivity index (χ2n) is 9.77. The number of nitrogens with zero attached hydrogens (tertiary/aromatic N) is 1. The van der Waals surface area contributed by atoms with Gasteiger partial charge in [0.05, 0.1) is 12.3 Å². The summed E-state index contributed by atoms with van der Waals surface area (Å²) in [4.78, 5) is 17.5. The number of carbonyl (C=O) groups excluding carboxylic acids is 1. The van der Waals surface area contributed by atoms with Gasteiger partial charge in [-0.15, -0.1) is 0 Å². The highest BCUT2D eigenvalue weighted by molar-refractivity contribution is 6.23. The fourth-order valence-corrected chi connectivity index (χ4v) is 3.78. The smallest absolute Gasteiger partial charge is 0.166 e. The molecule has 5 nitrogen and oxygen atoms in total. The molecule has 5 heteroatoms. The molecule has 1 aromatic carbocycles. The summed E-state index contributed by atoms with van der Waals surface area (Å²) in [6.45, 7) is 19.1. The van der Waals surface area contributed by atoms with Crippen LogP contribution in [0.3, 0.4) is 0 Å². The highest BCUT2D eigenvalue weighted by Gasteiger charge is 2.27. The van der Waals surface area contributed by atoms with Crippen molar-refractivity contribution in [1.82, 2.24) is 5.32 Å². The summed E-state index contributed by atoms with van der Waals surface area (Å²) in [7, 11) is 0. The molecule has 0 aromatic heterocycles. The summed E-state index contributed by atoms with van der Waals surface area (Å²) in [5, 5.41) is 6.80. The molecule has 34 heavy (non-hydrogen) atoms. The van der Waals surface area contributed by atoms with Gasteiger partial charge in [-0.25, -0.2) is 4.99 Å². The number of aryl methyl sites for hydroxylation is 1. The maximum Gasteiger partial charge on any atom is 0.166 e. The van der Waals surface area contributed by atoms with E-state index in [0.29, 0.717) is 24.3 Å². The van der Waals surface area contributed by atoms with Gasteiger partial charge in [-0.05, 0) is 70.0 Å². The van der Waals surface area contributed by atoms with E-state index in [1.54, 1.807) is 0 Å². The van der Waals surface area contributed by atoms with Crippen LogP contribution in [0.5, 0.6) is 5.75 Å². The summed E-state index contributed by atoms with van der Waals surface area (Å²) in [6, 6.07) is 6.08. The van der Waals surface area contributed by atoms with Gasteiger partial charge >= 0.3 is 0 Å². The van der Waals surface area contributed by atoms with Crippen LogP contribution in [0.25, 0.3) is 0 Å². The van der Waals surface area contributed by atoms with Gasteiger partial charge in [0.15, 0.2) is 5.78 Å². The number of nitrogens with one attached hydrogen (secondary N) is 2. The molecule has 0 spiro atoms. The number of aliphatic imine (C=N–C) groups is 1. The van der Waals surface area contributed by atoms with Crippen molar-refractivity contribution in [1.29, 1.82) is 0 Å². The molecule has 1 fully saturated rings. The molecular formula is C29H45N3O2. The molecule has 1 aliphatic rings. The van der Waals surface area contributed by atoms with Gasteiger partial charge in [0.1, 0.15) is 11.6 Å². The van der Waals surface area contributed by atoms with Gasteiger partial charge in [0.2, 0.25) is 0 Å². The predicted octanol–water partition coefficient (Wildman–Crippen LogP) is 6.70. The van der Waals surface area contributed by atoms with Crippen molar-refractivity contribution in [2.75, 3.05) is 25.0 Å². The maximum atomic E-state index is 12.8. The Balaban J connectivity index is 2.10. The quantitative estimate of drug-likeness (QED) is 0.161. The molecule has 1 atom stereocenters. The zero-order valence-electron chi connectivity index (χ0n) is 22.2. The first-order chi connectivity index (χ1) is 16.3. The lowest BCUT2D eigenvalue weighted by atomic mass is 9.94. The van der Waals surface area contributed by atoms with E-state index in [1.807, 2.05) is 39.0 Å². The molecule has 2 N–H and O–H groups in total. The number of allylic oxidation sites excluding steroid dienone is 2. The van der Waals surface area contributed by atoms with Crippen LogP contribution in [0.15, 0.2) is 47.2 Å². The number of hydrogen-bond acceptors (Lipinski definition) is 5. The number of rotatable bonds is 16. The third kappa shape index (κ3) is 9.09. The van der Waals surface area contributed by atoms with Crippen LogP contribution in [0.4, 0.5) is 5.69 Å². The Morgan fingerprint density at radius 1 is 1.29 bits per heavy atom. The largest absolute Gasteiger partial charge is 0.493 e. The van der Waals surface area contributed by atoms with E-state index in [1.165, 1.54) is 12.8 Å². The monoisotopic (exact) mass is 467 g/mol. The lowest BCUT2D eigenvalue weighted by Crippen LogP contribution is -2.27. The average molecular weight is 468 g/mol. The summed E-state index contributed by atoms with van der Waals surface area (Å²) in [5.41, 5.74) is 3.55. The average Bonchev–Trinajstić information content (AvgIpc) is 3.62. The minimum absolute atomic E-state index is 0.0576. The molecule has 0 aliphatic heterocycles. The van der Waals surface area contributed by atoms with Crippen molar-refractivity contribution in [3.8, 4) is 5.75 Å². The SMILES string of the molecule is C=C(N=C(CC1CC1)/C(=C\C)C(=O)C(C)C)Nc1ccc(C)c(OC[C@H](CC)CNCCC)c1. The van der Waals surface area contributed by atoms with Crippen molar-refractivity contribution in [2.24, 2.45) is 22.7 Å². The molecule has 0 unspecified atom stereocenters. The summed E-state index contributed by atoms with van der Waals surface area (Å²) >= 11 is 0. The summed E-state index contributed by atoms with van der Waals surface area (Å²) < 4.78 is 6.20. The highest BCUT2D eigenvalue weighted by Crippen LogP contribution is 2.34. The van der Waals surface area contributed by atoms with Gasteiger partial charge in [-0.3, -0.25) is 4.79 Å². The van der Waals surface area contributed by atoms with Crippen molar-refractivity contribution < 1.29 is 9.53 Å². The van der Waals surface area contributed by atoms with E-state index >= 15 is 0 Å². The molecule has 0 heterocycles. The van der Waals surface area contributed by atoms with Crippen LogP contribution < -0.4 is 15.4 Å². The third-order valence-corrected chi connectivity index (χ3v) is 6.23. The Morgan fingerprint density at radius 2 is 2.03 bits per heavy atom. The first-order valence-corrected chi connectivity index (χ1v) is 13.0. The van der Waals surface area contributed by atoms with E-state index in [2.05, 4.69) is 44.1 Å². The van der Waals surface area contributed by atoms with Crippen LogP contribution in [-0.2, 0) is 4.79 Å². The van der Waals surface area contributed by atoms with Crippen LogP contribution >= 0.6 is 0 Å². The van der Waals surface area contributed by atoms with Gasteiger partial charge < -0.3 is 15.4 Å². The van der Waals surface area contributed by atoms with Crippen molar-refractivity contribution in [3.63, 3.8) is 0 Å². The van der Waals surface area contributed by atoms with Gasteiger partial charge in [0, 0.05) is 35.7 Å². The first-order valence-electron chi connectivity index (χ1n) is 13.0. The third-order valence-electron chi connectivity index (χ3n) is 6.23. The fourth-order valence-electron chi connectivity index (χ4n) is 3.78. The van der Waals surface area contributed by atoms with E-state index in [9.17, 15) is 4.79 Å². The zero-order valence-corrected chi connectivity index (χ0v) is 22.2. The Labute approximate surface area is 207 Å². The number of ketones is 1. The number of benzene rings is 1. The number of carbonyl (C=O) groups is 1. The zero-order chi connectivity index (χ0) is 25.1. The molecule has 1 aromatic rings. The molecule has 188 valence electrons. The number of anilines is 1. The van der Waals surface area contributed by atoms with Gasteiger partial charge in [-0.1, -0.05) is 46.4 Å². The molecule has 0 radical (unpaired) electrons. The minimum Gasteiger partial charge on any atom is -0.493 e. The minimum atomic E-state index is -0.0576. The lowest BCUT2D eigenvalue weighted by molar-refractivity contribution is -0.117. The first kappa shape index (κ1) is 27.8. The number of hydrogen-bond donors (Lipinski definition) is 2. The number of Topliss-reactive ketones (excluding diaryl/α,β-unsaturated/α-hetero) is 1. The Morgan fingerprint density at radius 3 is 2.62 bits per heavy atom. The Kier molecular flexibility index (Phi) is 11.5. The normalized spacial score (nSPS) is 15.4. The molecule has 0 saturated heterocycles. The summed E-state index contributed by atoms with van der Waals surface area (Å²) in [6.07, 6.45) is 7.35. The van der Waals surface area contributed by atoms with E-state index in [4.69, 9.17) is 9.73 Å². The van der Waals surface area contributed by atoms with Crippen LogP contribution in [0.2, 0.25) is 0 Å². The van der Waals surface area contributed by atoms with E-state index in [0.717, 1.165) is 60.6 Å². The fraction of sp³-hybridized carbons (Fsp3) is 0.586. The standard InChI is InChI=1S/C29H45N3O2/c1-8-15-30-18-23(9-2)19-34-28-17-25(14-11-21(28)6)31-22(7)32-27(16-24-12-13-24)26(10-3)29(33)20(4)5/h10-11,14,17,20,23-24,30-31H,7-9,12-13,15-16,18-19H2,1-6H3/b26-10+,32-27?/t23-/m1/s1. The van der Waals surface area contributed by atoms with Gasteiger partial charge in [0.25, 0.3) is 0 Å². The summed E-state index contributed by atoms with van der Waals surface area (Å²) in [5.74, 6) is 2.59. The molecular weight excluding hydrogens is 422 g/mol.